The number of rotatable bonds is 5. The molecule has 0 spiro atoms. The Hall–Kier alpha value is -3.02. The smallest absolute Gasteiger partial charge is 0.358 e. The molecular weight excluding hydrogens is 314 g/mol. The van der Waals surface area contributed by atoms with Gasteiger partial charge in [-0.3, -0.25) is 0 Å². The largest absolute Gasteiger partial charge is 0.456 e. The van der Waals surface area contributed by atoms with Crippen LogP contribution in [0, 0.1) is 11.6 Å². The molecule has 4 nitrogen and oxygen atoms in total. The Kier molecular flexibility index (Phi) is 4.65. The number of halogens is 2. The first-order valence-corrected chi connectivity index (χ1v) is 7.28. The molecule has 6 heteroatoms. The van der Waals surface area contributed by atoms with Crippen molar-refractivity contribution in [3.8, 4) is 0 Å². The molecule has 0 aliphatic carbocycles. The Morgan fingerprint density at radius 1 is 0.958 bits per heavy atom. The van der Waals surface area contributed by atoms with E-state index < -0.39 is 5.97 Å². The summed E-state index contributed by atoms with van der Waals surface area (Å²) in [6.45, 7) is 0.516. The fraction of sp³-hybridized carbons (Fsp3) is 0.111. The van der Waals surface area contributed by atoms with Gasteiger partial charge in [0.1, 0.15) is 18.2 Å². The van der Waals surface area contributed by atoms with Gasteiger partial charge in [0.05, 0.1) is 6.33 Å². The molecule has 0 N–H and O–H groups in total. The molecule has 0 saturated carbocycles. The third-order valence-corrected chi connectivity index (χ3v) is 3.40. The predicted molar refractivity (Wildman–Crippen MR) is 83.2 cm³/mol. The van der Waals surface area contributed by atoms with Crippen molar-refractivity contribution in [1.29, 1.82) is 0 Å². The van der Waals surface area contributed by atoms with Crippen molar-refractivity contribution in [2.24, 2.45) is 0 Å². The first-order valence-electron chi connectivity index (χ1n) is 7.28. The minimum absolute atomic E-state index is 0.0456. The average Bonchev–Trinajstić information content (AvgIpc) is 3.05. The molecule has 0 atom stereocenters. The van der Waals surface area contributed by atoms with E-state index in [1.807, 2.05) is 0 Å². The van der Waals surface area contributed by atoms with E-state index in [0.29, 0.717) is 12.1 Å². The summed E-state index contributed by atoms with van der Waals surface area (Å²) >= 11 is 0. The zero-order chi connectivity index (χ0) is 16.9. The standard InChI is InChI=1S/C18H14F2N2O2/c19-15-5-1-13(2-6-15)9-22-10-17(21-12-22)18(23)24-11-14-3-7-16(20)8-4-14/h1-8,10,12H,9,11H2. The van der Waals surface area contributed by atoms with E-state index in [4.69, 9.17) is 4.74 Å². The van der Waals surface area contributed by atoms with Gasteiger partial charge in [-0.05, 0) is 35.4 Å². The second kappa shape index (κ2) is 7.04. The van der Waals surface area contributed by atoms with Gasteiger partial charge in [0, 0.05) is 12.7 Å². The molecule has 3 rings (SSSR count). The van der Waals surface area contributed by atoms with Gasteiger partial charge in [0.25, 0.3) is 0 Å². The molecule has 0 unspecified atom stereocenters. The topological polar surface area (TPSA) is 44.1 Å². The number of imidazole rings is 1. The van der Waals surface area contributed by atoms with E-state index in [0.717, 1.165) is 5.56 Å². The summed E-state index contributed by atoms with van der Waals surface area (Å²) in [5.74, 6) is -1.20. The maximum Gasteiger partial charge on any atom is 0.358 e. The van der Waals surface area contributed by atoms with E-state index in [2.05, 4.69) is 4.98 Å². The highest BCUT2D eigenvalue weighted by molar-refractivity contribution is 5.86. The zero-order valence-corrected chi connectivity index (χ0v) is 12.7. The summed E-state index contributed by atoms with van der Waals surface area (Å²) in [5, 5.41) is 0. The molecule has 1 aromatic heterocycles. The van der Waals surface area contributed by atoms with Crippen molar-refractivity contribution in [2.75, 3.05) is 0 Å². The summed E-state index contributed by atoms with van der Waals surface area (Å²) in [6, 6.07) is 11.8. The second-order valence-electron chi connectivity index (χ2n) is 5.26. The minimum Gasteiger partial charge on any atom is -0.456 e. The molecule has 0 bridgehead atoms. The SMILES string of the molecule is O=C(OCc1ccc(F)cc1)c1cn(Cc2ccc(F)cc2)cn1. The molecule has 0 aliphatic heterocycles. The van der Waals surface area contributed by atoms with Gasteiger partial charge in [-0.15, -0.1) is 0 Å². The van der Waals surface area contributed by atoms with E-state index in [1.54, 1.807) is 35.0 Å². The second-order valence-corrected chi connectivity index (χ2v) is 5.26. The summed E-state index contributed by atoms with van der Waals surface area (Å²) in [4.78, 5) is 16.0. The van der Waals surface area contributed by atoms with Crippen LogP contribution in [0.5, 0.6) is 0 Å². The monoisotopic (exact) mass is 328 g/mol. The van der Waals surface area contributed by atoms with Gasteiger partial charge < -0.3 is 9.30 Å². The Balaban J connectivity index is 1.59. The molecule has 2 aromatic carbocycles. The normalized spacial score (nSPS) is 10.6. The van der Waals surface area contributed by atoms with Gasteiger partial charge in [0.15, 0.2) is 5.69 Å². The van der Waals surface area contributed by atoms with E-state index in [1.165, 1.54) is 30.6 Å². The van der Waals surface area contributed by atoms with Gasteiger partial charge >= 0.3 is 5.97 Å². The maximum atomic E-state index is 12.9. The first-order chi connectivity index (χ1) is 11.6. The lowest BCUT2D eigenvalue weighted by molar-refractivity contribution is 0.0466. The molecule has 0 aliphatic rings. The summed E-state index contributed by atoms with van der Waals surface area (Å²) in [7, 11) is 0. The lowest BCUT2D eigenvalue weighted by Gasteiger charge is -2.03. The number of carbonyl (C=O) groups excluding carboxylic acids is 1. The Bertz CT molecular complexity index is 827. The molecule has 24 heavy (non-hydrogen) atoms. The van der Waals surface area contributed by atoms with Crippen molar-refractivity contribution in [1.82, 2.24) is 9.55 Å². The fourth-order valence-corrected chi connectivity index (χ4v) is 2.16. The number of benzene rings is 2. The van der Waals surface area contributed by atoms with E-state index >= 15 is 0 Å². The van der Waals surface area contributed by atoms with Crippen molar-refractivity contribution in [3.05, 3.63) is 89.5 Å². The highest BCUT2D eigenvalue weighted by Crippen LogP contribution is 2.09. The van der Waals surface area contributed by atoms with Crippen LogP contribution in [0.4, 0.5) is 8.78 Å². The summed E-state index contributed by atoms with van der Waals surface area (Å²) < 4.78 is 32.6. The Morgan fingerprint density at radius 3 is 2.17 bits per heavy atom. The Labute approximate surface area is 137 Å². The number of aromatic nitrogens is 2. The van der Waals surface area contributed by atoms with Crippen molar-refractivity contribution >= 4 is 5.97 Å². The van der Waals surface area contributed by atoms with E-state index in [-0.39, 0.29) is 23.9 Å². The summed E-state index contributed by atoms with van der Waals surface area (Å²) in [6.07, 6.45) is 3.08. The van der Waals surface area contributed by atoms with Crippen molar-refractivity contribution < 1.29 is 18.3 Å². The van der Waals surface area contributed by atoms with Gasteiger partial charge in [-0.25, -0.2) is 18.6 Å². The number of nitrogens with zero attached hydrogens (tertiary/aromatic N) is 2. The van der Waals surface area contributed by atoms with Crippen LogP contribution < -0.4 is 0 Å². The quantitative estimate of drug-likeness (QED) is 0.673. The number of esters is 1. The van der Waals surface area contributed by atoms with Crippen LogP contribution in [0.15, 0.2) is 61.1 Å². The van der Waals surface area contributed by atoms with Crippen LogP contribution in [0.1, 0.15) is 21.6 Å². The van der Waals surface area contributed by atoms with Gasteiger partial charge in [-0.2, -0.15) is 0 Å². The fourth-order valence-electron chi connectivity index (χ4n) is 2.16. The first kappa shape index (κ1) is 15.9. The number of carbonyl (C=O) groups is 1. The molecule has 3 aromatic rings. The maximum absolute atomic E-state index is 12.9. The van der Waals surface area contributed by atoms with Gasteiger partial charge in [-0.1, -0.05) is 24.3 Å². The molecule has 0 saturated heterocycles. The third-order valence-electron chi connectivity index (χ3n) is 3.40. The summed E-state index contributed by atoms with van der Waals surface area (Å²) in [5.41, 5.74) is 1.76. The van der Waals surface area contributed by atoms with Crippen LogP contribution >= 0.6 is 0 Å². The highest BCUT2D eigenvalue weighted by atomic mass is 19.1. The Morgan fingerprint density at radius 2 is 1.54 bits per heavy atom. The van der Waals surface area contributed by atoms with Crippen LogP contribution in [-0.2, 0) is 17.9 Å². The minimum atomic E-state index is -0.558. The number of ether oxygens (including phenoxy) is 1. The molecule has 0 fully saturated rings. The molecule has 0 amide bonds. The van der Waals surface area contributed by atoms with Crippen LogP contribution in [-0.4, -0.2) is 15.5 Å². The van der Waals surface area contributed by atoms with Crippen molar-refractivity contribution in [3.63, 3.8) is 0 Å². The predicted octanol–water partition coefficient (Wildman–Crippen LogP) is 3.57. The zero-order valence-electron chi connectivity index (χ0n) is 12.7. The van der Waals surface area contributed by atoms with E-state index in [9.17, 15) is 13.6 Å². The van der Waals surface area contributed by atoms with Gasteiger partial charge in [0.2, 0.25) is 0 Å². The lowest BCUT2D eigenvalue weighted by atomic mass is 10.2. The highest BCUT2D eigenvalue weighted by Gasteiger charge is 2.11. The molecule has 122 valence electrons. The van der Waals surface area contributed by atoms with Crippen LogP contribution in [0.25, 0.3) is 0 Å². The molecule has 1 heterocycles. The van der Waals surface area contributed by atoms with Crippen LogP contribution in [0.3, 0.4) is 0 Å². The molecule has 0 radical (unpaired) electrons. The number of hydrogen-bond donors (Lipinski definition) is 0. The molecular formula is C18H14F2N2O2. The van der Waals surface area contributed by atoms with Crippen molar-refractivity contribution in [2.45, 2.75) is 13.2 Å². The number of hydrogen-bond acceptors (Lipinski definition) is 3. The lowest BCUT2D eigenvalue weighted by Crippen LogP contribution is -2.06. The van der Waals surface area contributed by atoms with Crippen LogP contribution in [0.2, 0.25) is 0 Å². The average molecular weight is 328 g/mol. The third kappa shape index (κ3) is 4.04.